The number of halogens is 3. The van der Waals surface area contributed by atoms with Gasteiger partial charge in [-0.3, -0.25) is 4.79 Å². The van der Waals surface area contributed by atoms with Crippen LogP contribution in [0.5, 0.6) is 0 Å². The summed E-state index contributed by atoms with van der Waals surface area (Å²) in [5, 5.41) is 6.74. The van der Waals surface area contributed by atoms with Crippen LogP contribution in [0.4, 0.5) is 20.9 Å². The molecule has 0 unspecified atom stereocenters. The Kier molecular flexibility index (Phi) is 5.22. The van der Waals surface area contributed by atoms with E-state index < -0.39 is 5.82 Å². The molecule has 0 aliphatic heterocycles. The maximum atomic E-state index is 13.2. The molecule has 2 N–H and O–H groups in total. The third kappa shape index (κ3) is 4.10. The minimum Gasteiger partial charge on any atom is -0.331 e. The van der Waals surface area contributed by atoms with Crippen molar-refractivity contribution in [1.82, 2.24) is 4.98 Å². The van der Waals surface area contributed by atoms with Crippen LogP contribution < -0.4 is 10.6 Å². The van der Waals surface area contributed by atoms with Gasteiger partial charge in [-0.1, -0.05) is 46.7 Å². The van der Waals surface area contributed by atoms with E-state index in [1.807, 2.05) is 0 Å². The Morgan fingerprint density at radius 2 is 1.92 bits per heavy atom. The van der Waals surface area contributed by atoms with Crippen LogP contribution in [0.1, 0.15) is 15.4 Å². The van der Waals surface area contributed by atoms with E-state index in [0.29, 0.717) is 32.1 Å². The Morgan fingerprint density at radius 1 is 1.16 bits per heavy atom. The number of para-hydroxylation sites is 1. The summed E-state index contributed by atoms with van der Waals surface area (Å²) in [5.74, 6) is -0.796. The molecular formula is C17H12Cl2FN3OS. The van der Waals surface area contributed by atoms with E-state index in [0.717, 1.165) is 0 Å². The number of rotatable bonds is 4. The van der Waals surface area contributed by atoms with Crippen LogP contribution in [0.15, 0.2) is 42.5 Å². The highest BCUT2D eigenvalue weighted by molar-refractivity contribution is 7.17. The standard InChI is InChI=1S/C17H12Cl2FN3OS/c1-9-15(16(24)23-14-5-3-2-4-11(14)18)25-17(21-9)22-10-6-7-13(20)12(19)8-10/h2-8H,1H3,(H,21,22)(H,23,24). The summed E-state index contributed by atoms with van der Waals surface area (Å²) in [5.41, 5.74) is 1.69. The molecule has 3 rings (SSSR count). The minimum atomic E-state index is -0.498. The third-order valence-electron chi connectivity index (χ3n) is 3.30. The molecule has 0 fully saturated rings. The van der Waals surface area contributed by atoms with Gasteiger partial charge in [0.15, 0.2) is 5.13 Å². The van der Waals surface area contributed by atoms with Crippen LogP contribution in [-0.4, -0.2) is 10.9 Å². The van der Waals surface area contributed by atoms with Crippen molar-refractivity contribution in [2.24, 2.45) is 0 Å². The van der Waals surface area contributed by atoms with Gasteiger partial charge in [-0.25, -0.2) is 9.37 Å². The van der Waals surface area contributed by atoms with E-state index >= 15 is 0 Å². The molecular weight excluding hydrogens is 384 g/mol. The van der Waals surface area contributed by atoms with Crippen molar-refractivity contribution in [3.05, 3.63) is 68.9 Å². The Bertz CT molecular complexity index is 945. The molecule has 128 valence electrons. The molecule has 8 heteroatoms. The lowest BCUT2D eigenvalue weighted by Crippen LogP contribution is -2.11. The van der Waals surface area contributed by atoms with Crippen molar-refractivity contribution in [2.45, 2.75) is 6.92 Å². The molecule has 0 saturated carbocycles. The summed E-state index contributed by atoms with van der Waals surface area (Å²) < 4.78 is 13.2. The van der Waals surface area contributed by atoms with Gasteiger partial charge in [0.1, 0.15) is 10.7 Å². The normalized spacial score (nSPS) is 10.6. The number of hydrogen-bond donors (Lipinski definition) is 2. The summed E-state index contributed by atoms with van der Waals surface area (Å²) in [6.45, 7) is 1.74. The predicted octanol–water partition coefficient (Wildman–Crippen LogP) is 5.89. The summed E-state index contributed by atoms with van der Waals surface area (Å²) in [7, 11) is 0. The molecule has 0 spiro atoms. The minimum absolute atomic E-state index is 0.00923. The number of aryl methyl sites for hydroxylation is 1. The highest BCUT2D eigenvalue weighted by atomic mass is 35.5. The number of carbonyl (C=O) groups is 1. The van der Waals surface area contributed by atoms with Gasteiger partial charge >= 0.3 is 0 Å². The van der Waals surface area contributed by atoms with Gasteiger partial charge in [0.05, 0.1) is 21.4 Å². The van der Waals surface area contributed by atoms with Crippen molar-refractivity contribution in [2.75, 3.05) is 10.6 Å². The molecule has 1 heterocycles. The van der Waals surface area contributed by atoms with Gasteiger partial charge < -0.3 is 10.6 Å². The molecule has 3 aromatic rings. The number of nitrogens with zero attached hydrogens (tertiary/aromatic N) is 1. The Hall–Kier alpha value is -2.15. The molecule has 2 aromatic carbocycles. The average molecular weight is 396 g/mol. The second kappa shape index (κ2) is 7.39. The van der Waals surface area contributed by atoms with E-state index in [9.17, 15) is 9.18 Å². The van der Waals surface area contributed by atoms with E-state index in [-0.39, 0.29) is 10.9 Å². The Labute approximate surface area is 157 Å². The summed E-state index contributed by atoms with van der Waals surface area (Å²) in [6, 6.07) is 11.2. The topological polar surface area (TPSA) is 54.0 Å². The SMILES string of the molecule is Cc1nc(Nc2ccc(F)c(Cl)c2)sc1C(=O)Nc1ccccc1Cl. The number of thiazole rings is 1. The van der Waals surface area contributed by atoms with Gasteiger partial charge in [0.2, 0.25) is 0 Å². The molecule has 0 saturated heterocycles. The van der Waals surface area contributed by atoms with Crippen LogP contribution in [0.2, 0.25) is 10.0 Å². The lowest BCUT2D eigenvalue weighted by molar-refractivity contribution is 0.103. The number of nitrogens with one attached hydrogen (secondary N) is 2. The van der Waals surface area contributed by atoms with Crippen molar-refractivity contribution in [3.63, 3.8) is 0 Å². The summed E-state index contributed by atoms with van der Waals surface area (Å²) >= 11 is 13.0. The van der Waals surface area contributed by atoms with Gasteiger partial charge in [-0.05, 0) is 37.3 Å². The van der Waals surface area contributed by atoms with Gasteiger partial charge in [0, 0.05) is 5.69 Å². The highest BCUT2D eigenvalue weighted by Crippen LogP contribution is 2.29. The van der Waals surface area contributed by atoms with Gasteiger partial charge in [-0.2, -0.15) is 0 Å². The van der Waals surface area contributed by atoms with Crippen LogP contribution in [-0.2, 0) is 0 Å². The van der Waals surface area contributed by atoms with Crippen molar-refractivity contribution >= 4 is 57.0 Å². The molecule has 1 aromatic heterocycles. The fourth-order valence-corrected chi connectivity index (χ4v) is 3.34. The summed E-state index contributed by atoms with van der Waals surface area (Å²) in [6.07, 6.45) is 0. The first-order valence-electron chi connectivity index (χ1n) is 7.19. The second-order valence-electron chi connectivity index (χ2n) is 5.12. The smallest absolute Gasteiger partial charge is 0.267 e. The Morgan fingerprint density at radius 3 is 2.64 bits per heavy atom. The fraction of sp³-hybridized carbons (Fsp3) is 0.0588. The predicted molar refractivity (Wildman–Crippen MR) is 101 cm³/mol. The van der Waals surface area contributed by atoms with E-state index in [1.54, 1.807) is 37.3 Å². The van der Waals surface area contributed by atoms with Gasteiger partial charge in [-0.15, -0.1) is 0 Å². The molecule has 0 bridgehead atoms. The molecule has 1 amide bonds. The number of benzene rings is 2. The van der Waals surface area contributed by atoms with E-state index in [2.05, 4.69) is 15.6 Å². The maximum Gasteiger partial charge on any atom is 0.267 e. The maximum absolute atomic E-state index is 13.2. The monoisotopic (exact) mass is 395 g/mol. The van der Waals surface area contributed by atoms with Gasteiger partial charge in [0.25, 0.3) is 5.91 Å². The molecule has 25 heavy (non-hydrogen) atoms. The van der Waals surface area contributed by atoms with Crippen molar-refractivity contribution in [1.29, 1.82) is 0 Å². The number of amides is 1. The van der Waals surface area contributed by atoms with Crippen LogP contribution in [0.3, 0.4) is 0 Å². The van der Waals surface area contributed by atoms with Crippen LogP contribution >= 0.6 is 34.5 Å². The number of hydrogen-bond acceptors (Lipinski definition) is 4. The van der Waals surface area contributed by atoms with Crippen LogP contribution in [0, 0.1) is 12.7 Å². The van der Waals surface area contributed by atoms with E-state index in [1.165, 1.54) is 23.5 Å². The zero-order chi connectivity index (χ0) is 18.0. The van der Waals surface area contributed by atoms with Crippen molar-refractivity contribution in [3.8, 4) is 0 Å². The zero-order valence-corrected chi connectivity index (χ0v) is 15.3. The lowest BCUT2D eigenvalue weighted by atomic mass is 10.3. The highest BCUT2D eigenvalue weighted by Gasteiger charge is 2.16. The first kappa shape index (κ1) is 17.7. The number of aromatic nitrogens is 1. The van der Waals surface area contributed by atoms with E-state index in [4.69, 9.17) is 23.2 Å². The average Bonchev–Trinajstić information content (AvgIpc) is 2.93. The fourth-order valence-electron chi connectivity index (χ4n) is 2.10. The first-order valence-corrected chi connectivity index (χ1v) is 8.76. The molecule has 0 atom stereocenters. The zero-order valence-electron chi connectivity index (χ0n) is 12.9. The number of anilines is 3. The summed E-state index contributed by atoms with van der Waals surface area (Å²) in [4.78, 5) is 17.2. The molecule has 0 aliphatic rings. The molecule has 0 aliphatic carbocycles. The number of carbonyl (C=O) groups excluding carboxylic acids is 1. The molecule has 4 nitrogen and oxygen atoms in total. The van der Waals surface area contributed by atoms with Crippen LogP contribution in [0.25, 0.3) is 0 Å². The first-order chi connectivity index (χ1) is 11.9. The Balaban J connectivity index is 1.78. The third-order valence-corrected chi connectivity index (χ3v) is 4.99. The quantitative estimate of drug-likeness (QED) is 0.578. The molecule has 0 radical (unpaired) electrons. The second-order valence-corrected chi connectivity index (χ2v) is 6.93. The van der Waals surface area contributed by atoms with Crippen molar-refractivity contribution < 1.29 is 9.18 Å². The largest absolute Gasteiger partial charge is 0.331 e. The lowest BCUT2D eigenvalue weighted by Gasteiger charge is -2.05.